The molecule has 0 heterocycles. The van der Waals surface area contributed by atoms with Crippen molar-refractivity contribution in [3.05, 3.63) is 12.2 Å². The van der Waals surface area contributed by atoms with E-state index < -0.39 is 5.91 Å². The van der Waals surface area contributed by atoms with Crippen molar-refractivity contribution in [2.75, 3.05) is 6.54 Å². The number of hydrogen-bond donors (Lipinski definition) is 2. The predicted molar refractivity (Wildman–Crippen MR) is 53.3 cm³/mol. The van der Waals surface area contributed by atoms with Gasteiger partial charge in [-0.2, -0.15) is 0 Å². The molecule has 0 aromatic heterocycles. The second-order valence-electron chi connectivity index (χ2n) is 3.50. The van der Waals surface area contributed by atoms with Crippen LogP contribution in [0.4, 0.5) is 0 Å². The van der Waals surface area contributed by atoms with Crippen LogP contribution in [0.5, 0.6) is 0 Å². The van der Waals surface area contributed by atoms with E-state index in [0.29, 0.717) is 6.42 Å². The molecule has 4 heteroatoms. The van der Waals surface area contributed by atoms with Crippen LogP contribution in [0.15, 0.2) is 12.2 Å². The van der Waals surface area contributed by atoms with Gasteiger partial charge in [-0.3, -0.25) is 14.9 Å². The summed E-state index contributed by atoms with van der Waals surface area (Å²) in [4.78, 5) is 22.0. The van der Waals surface area contributed by atoms with Crippen molar-refractivity contribution in [3.8, 4) is 0 Å². The maximum Gasteiger partial charge on any atom is 0.240 e. The molecule has 3 N–H and O–H groups in total. The van der Waals surface area contributed by atoms with E-state index in [1.807, 2.05) is 0 Å². The minimum Gasteiger partial charge on any atom is -0.322 e. The van der Waals surface area contributed by atoms with Crippen LogP contribution in [-0.2, 0) is 9.59 Å². The highest BCUT2D eigenvalue weighted by molar-refractivity contribution is 5.96. The summed E-state index contributed by atoms with van der Waals surface area (Å²) in [6, 6.07) is 0. The quantitative estimate of drug-likeness (QED) is 0.639. The first-order valence-corrected chi connectivity index (χ1v) is 4.92. The zero-order valence-corrected chi connectivity index (χ0v) is 8.16. The summed E-state index contributed by atoms with van der Waals surface area (Å²) in [7, 11) is 0. The zero-order valence-electron chi connectivity index (χ0n) is 8.16. The fourth-order valence-electron chi connectivity index (χ4n) is 1.55. The summed E-state index contributed by atoms with van der Waals surface area (Å²) >= 11 is 0. The van der Waals surface area contributed by atoms with Gasteiger partial charge in [0.1, 0.15) is 0 Å². The summed E-state index contributed by atoms with van der Waals surface area (Å²) in [5.41, 5.74) is 5.08. The summed E-state index contributed by atoms with van der Waals surface area (Å²) in [6.45, 7) is -0.133. The molecule has 0 radical (unpaired) electrons. The van der Waals surface area contributed by atoms with Gasteiger partial charge in [0.15, 0.2) is 0 Å². The van der Waals surface area contributed by atoms with Crippen molar-refractivity contribution in [2.24, 2.45) is 11.7 Å². The Bertz CT molecular complexity index is 249. The molecule has 0 saturated carbocycles. The first-order chi connectivity index (χ1) is 6.72. The van der Waals surface area contributed by atoms with Gasteiger partial charge in [-0.1, -0.05) is 12.2 Å². The lowest BCUT2D eigenvalue weighted by molar-refractivity contribution is -0.130. The molecule has 2 amide bonds. The molecule has 14 heavy (non-hydrogen) atoms. The smallest absolute Gasteiger partial charge is 0.240 e. The fourth-order valence-corrected chi connectivity index (χ4v) is 1.55. The van der Waals surface area contributed by atoms with Crippen LogP contribution in [0, 0.1) is 5.92 Å². The van der Waals surface area contributed by atoms with Crippen LogP contribution in [0.1, 0.15) is 25.7 Å². The van der Waals surface area contributed by atoms with E-state index in [0.717, 1.165) is 19.3 Å². The molecule has 78 valence electrons. The normalized spacial score (nSPS) is 20.5. The van der Waals surface area contributed by atoms with Crippen LogP contribution >= 0.6 is 0 Å². The van der Waals surface area contributed by atoms with Gasteiger partial charge in [-0.15, -0.1) is 0 Å². The highest BCUT2D eigenvalue weighted by Crippen LogP contribution is 2.19. The van der Waals surface area contributed by atoms with E-state index >= 15 is 0 Å². The number of nitrogens with one attached hydrogen (secondary N) is 1. The number of nitrogens with two attached hydrogens (primary N) is 1. The van der Waals surface area contributed by atoms with E-state index in [-0.39, 0.29) is 18.4 Å². The van der Waals surface area contributed by atoms with E-state index in [2.05, 4.69) is 17.5 Å². The standard InChI is InChI=1S/C10H16N2O2/c11-7-10(14)12-9(13)6-8-4-2-1-3-5-8/h2,4,8H,1,3,5-7,11H2,(H,12,13,14). The van der Waals surface area contributed by atoms with Crippen molar-refractivity contribution >= 4 is 11.8 Å². The zero-order chi connectivity index (χ0) is 10.4. The van der Waals surface area contributed by atoms with E-state index in [1.165, 1.54) is 0 Å². The van der Waals surface area contributed by atoms with Crippen molar-refractivity contribution in [1.82, 2.24) is 5.32 Å². The fraction of sp³-hybridized carbons (Fsp3) is 0.600. The molecular weight excluding hydrogens is 180 g/mol. The second-order valence-corrected chi connectivity index (χ2v) is 3.50. The lowest BCUT2D eigenvalue weighted by atomic mass is 9.93. The molecular formula is C10H16N2O2. The molecule has 0 saturated heterocycles. The third-order valence-electron chi connectivity index (χ3n) is 2.27. The van der Waals surface area contributed by atoms with Gasteiger partial charge in [0.25, 0.3) is 0 Å². The molecule has 0 aromatic carbocycles. The van der Waals surface area contributed by atoms with Gasteiger partial charge in [0, 0.05) is 6.42 Å². The highest BCUT2D eigenvalue weighted by atomic mass is 16.2. The topological polar surface area (TPSA) is 72.2 Å². The van der Waals surface area contributed by atoms with E-state index in [9.17, 15) is 9.59 Å². The minimum atomic E-state index is -0.408. The summed E-state index contributed by atoms with van der Waals surface area (Å²) in [5, 5.41) is 2.24. The van der Waals surface area contributed by atoms with Gasteiger partial charge in [0.2, 0.25) is 11.8 Å². The number of allylic oxidation sites excluding steroid dienone is 2. The molecule has 0 bridgehead atoms. The highest BCUT2D eigenvalue weighted by Gasteiger charge is 2.14. The molecule has 0 spiro atoms. The number of hydrogen-bond acceptors (Lipinski definition) is 3. The van der Waals surface area contributed by atoms with E-state index in [4.69, 9.17) is 5.73 Å². The first kappa shape index (κ1) is 10.9. The maximum absolute atomic E-state index is 11.3. The van der Waals surface area contributed by atoms with Crippen LogP contribution in [-0.4, -0.2) is 18.4 Å². The molecule has 0 fully saturated rings. The van der Waals surface area contributed by atoms with Crippen molar-refractivity contribution in [3.63, 3.8) is 0 Å². The Morgan fingerprint density at radius 1 is 1.43 bits per heavy atom. The average molecular weight is 196 g/mol. The van der Waals surface area contributed by atoms with Crippen LogP contribution in [0.25, 0.3) is 0 Å². The molecule has 1 unspecified atom stereocenters. The Morgan fingerprint density at radius 2 is 2.21 bits per heavy atom. The Morgan fingerprint density at radius 3 is 2.79 bits per heavy atom. The predicted octanol–water partition coefficient (Wildman–Crippen LogP) is 0.334. The third-order valence-corrected chi connectivity index (χ3v) is 2.27. The number of carbonyl (C=O) groups excluding carboxylic acids is 2. The largest absolute Gasteiger partial charge is 0.322 e. The molecule has 1 rings (SSSR count). The maximum atomic E-state index is 11.3. The Labute approximate surface area is 83.5 Å². The lowest BCUT2D eigenvalue weighted by Crippen LogP contribution is -2.36. The number of amides is 2. The average Bonchev–Trinajstić information content (AvgIpc) is 2.19. The lowest BCUT2D eigenvalue weighted by Gasteiger charge is -2.15. The van der Waals surface area contributed by atoms with Gasteiger partial charge in [0.05, 0.1) is 6.54 Å². The molecule has 0 aromatic rings. The van der Waals surface area contributed by atoms with Crippen molar-refractivity contribution < 1.29 is 9.59 Å². The van der Waals surface area contributed by atoms with Crippen LogP contribution in [0.3, 0.4) is 0 Å². The van der Waals surface area contributed by atoms with Crippen LogP contribution < -0.4 is 11.1 Å². The Balaban J connectivity index is 2.29. The molecule has 0 aliphatic heterocycles. The third kappa shape index (κ3) is 3.70. The number of rotatable bonds is 3. The minimum absolute atomic E-state index is 0.133. The Hall–Kier alpha value is -1.16. The van der Waals surface area contributed by atoms with E-state index in [1.54, 1.807) is 0 Å². The second kappa shape index (κ2) is 5.54. The monoisotopic (exact) mass is 196 g/mol. The van der Waals surface area contributed by atoms with Gasteiger partial charge in [-0.05, 0) is 25.2 Å². The molecule has 4 nitrogen and oxygen atoms in total. The van der Waals surface area contributed by atoms with Gasteiger partial charge in [-0.25, -0.2) is 0 Å². The van der Waals surface area contributed by atoms with Crippen molar-refractivity contribution in [2.45, 2.75) is 25.7 Å². The Kier molecular flexibility index (Phi) is 4.32. The summed E-state index contributed by atoms with van der Waals surface area (Å²) < 4.78 is 0. The summed E-state index contributed by atoms with van der Waals surface area (Å²) in [5.74, 6) is -0.346. The van der Waals surface area contributed by atoms with Gasteiger partial charge >= 0.3 is 0 Å². The SMILES string of the molecule is NCC(=O)NC(=O)CC1C=CCCC1. The van der Waals surface area contributed by atoms with Crippen LogP contribution in [0.2, 0.25) is 0 Å². The molecule has 1 atom stereocenters. The summed E-state index contributed by atoms with van der Waals surface area (Å²) in [6.07, 6.45) is 7.78. The van der Waals surface area contributed by atoms with Crippen molar-refractivity contribution in [1.29, 1.82) is 0 Å². The first-order valence-electron chi connectivity index (χ1n) is 4.92. The molecule has 1 aliphatic carbocycles. The molecule has 1 aliphatic rings. The number of imide groups is 1. The van der Waals surface area contributed by atoms with Gasteiger partial charge < -0.3 is 5.73 Å². The number of carbonyl (C=O) groups is 2.